The summed E-state index contributed by atoms with van der Waals surface area (Å²) in [5.41, 5.74) is 3.75. The fourth-order valence-electron chi connectivity index (χ4n) is 3.44. The van der Waals surface area contributed by atoms with E-state index in [4.69, 9.17) is 0 Å². The molecule has 0 bridgehead atoms. The third-order valence-corrected chi connectivity index (χ3v) is 5.11. The summed E-state index contributed by atoms with van der Waals surface area (Å²) in [5, 5.41) is 7.80. The lowest BCUT2D eigenvalue weighted by Crippen LogP contribution is -2.43. The van der Waals surface area contributed by atoms with E-state index >= 15 is 0 Å². The number of H-pyrrole nitrogens is 1. The van der Waals surface area contributed by atoms with Crippen molar-refractivity contribution >= 4 is 0 Å². The van der Waals surface area contributed by atoms with E-state index in [1.54, 1.807) is 0 Å². The van der Waals surface area contributed by atoms with Crippen LogP contribution < -0.4 is 0 Å². The molecule has 1 N–H and O–H groups in total. The molecule has 1 saturated heterocycles. The Hall–Kier alpha value is -1.72. The first kappa shape index (κ1) is 18.1. The normalized spacial score (nSPS) is 17.3. The summed E-state index contributed by atoms with van der Waals surface area (Å²) in [6.45, 7) is 10.8. The molecule has 2 aromatic heterocycles. The highest BCUT2D eigenvalue weighted by molar-refractivity contribution is 5.17. The average Bonchev–Trinajstić information content (AvgIpc) is 3.05. The topological polar surface area (TPSA) is 48.1 Å². The van der Waals surface area contributed by atoms with Crippen LogP contribution in [0.1, 0.15) is 50.6 Å². The molecule has 5 heteroatoms. The maximum Gasteiger partial charge on any atom is 0.0678 e. The Morgan fingerprint density at radius 2 is 1.84 bits per heavy atom. The first-order valence-electron chi connectivity index (χ1n) is 9.28. The number of pyridine rings is 1. The van der Waals surface area contributed by atoms with Crippen LogP contribution >= 0.6 is 0 Å². The van der Waals surface area contributed by atoms with Crippen LogP contribution in [0.5, 0.6) is 0 Å². The number of piperidine rings is 1. The second kappa shape index (κ2) is 7.67. The molecular weight excluding hydrogens is 310 g/mol. The van der Waals surface area contributed by atoms with E-state index < -0.39 is 0 Å². The molecule has 2 aromatic rings. The molecule has 0 aliphatic carbocycles. The van der Waals surface area contributed by atoms with Crippen LogP contribution in [0.2, 0.25) is 0 Å². The molecule has 25 heavy (non-hydrogen) atoms. The van der Waals surface area contributed by atoms with Crippen LogP contribution in [0.25, 0.3) is 0 Å². The van der Waals surface area contributed by atoms with Gasteiger partial charge in [-0.05, 0) is 56.7 Å². The van der Waals surface area contributed by atoms with Gasteiger partial charge in [-0.3, -0.25) is 15.0 Å². The molecule has 1 aliphatic heterocycles. The van der Waals surface area contributed by atoms with Gasteiger partial charge in [0, 0.05) is 42.6 Å². The largest absolute Gasteiger partial charge is 0.306 e. The Morgan fingerprint density at radius 1 is 1.16 bits per heavy atom. The lowest BCUT2D eigenvalue weighted by molar-refractivity contribution is 0.107. The molecule has 5 nitrogen and oxygen atoms in total. The van der Waals surface area contributed by atoms with Crippen molar-refractivity contribution in [2.24, 2.45) is 0 Å². The van der Waals surface area contributed by atoms with Gasteiger partial charge in [-0.2, -0.15) is 5.10 Å². The fourth-order valence-corrected chi connectivity index (χ4v) is 3.44. The molecule has 0 saturated carbocycles. The van der Waals surface area contributed by atoms with Gasteiger partial charge in [0.05, 0.1) is 5.69 Å². The number of rotatable bonds is 5. The van der Waals surface area contributed by atoms with Gasteiger partial charge in [-0.15, -0.1) is 0 Å². The summed E-state index contributed by atoms with van der Waals surface area (Å²) < 4.78 is 0. The second-order valence-electron chi connectivity index (χ2n) is 8.32. The van der Waals surface area contributed by atoms with Crippen molar-refractivity contribution < 1.29 is 0 Å². The Labute approximate surface area is 151 Å². The van der Waals surface area contributed by atoms with Crippen molar-refractivity contribution in [3.05, 3.63) is 47.5 Å². The summed E-state index contributed by atoms with van der Waals surface area (Å²) in [6, 6.07) is 7.09. The molecule has 136 valence electrons. The minimum atomic E-state index is 0.0816. The number of aromatic nitrogens is 3. The van der Waals surface area contributed by atoms with Crippen LogP contribution in [0, 0.1) is 0 Å². The molecule has 1 fully saturated rings. The van der Waals surface area contributed by atoms with E-state index in [0.29, 0.717) is 6.04 Å². The summed E-state index contributed by atoms with van der Waals surface area (Å²) in [7, 11) is 2.22. The van der Waals surface area contributed by atoms with Crippen LogP contribution in [0.4, 0.5) is 0 Å². The van der Waals surface area contributed by atoms with Gasteiger partial charge >= 0.3 is 0 Å². The van der Waals surface area contributed by atoms with Crippen LogP contribution in [-0.2, 0) is 18.5 Å². The summed E-state index contributed by atoms with van der Waals surface area (Å²) in [5.74, 6) is 0. The molecule has 0 atom stereocenters. The number of aromatic amines is 1. The first-order valence-corrected chi connectivity index (χ1v) is 9.28. The monoisotopic (exact) mass is 341 g/mol. The van der Waals surface area contributed by atoms with Crippen LogP contribution in [0.15, 0.2) is 30.6 Å². The quantitative estimate of drug-likeness (QED) is 0.907. The van der Waals surface area contributed by atoms with Crippen molar-refractivity contribution in [1.29, 1.82) is 0 Å². The van der Waals surface area contributed by atoms with Crippen molar-refractivity contribution in [2.45, 2.75) is 58.2 Å². The van der Waals surface area contributed by atoms with E-state index in [9.17, 15) is 0 Å². The molecule has 0 amide bonds. The highest BCUT2D eigenvalue weighted by atomic mass is 15.2. The Morgan fingerprint density at radius 3 is 2.44 bits per heavy atom. The number of nitrogens with zero attached hydrogens (tertiary/aromatic N) is 4. The SMILES string of the molecule is CN1CCC(N(Cc2ccncc2)Cc2cc(C(C)(C)C)n[nH]2)CC1. The van der Waals surface area contributed by atoms with Crippen molar-refractivity contribution in [1.82, 2.24) is 25.0 Å². The van der Waals surface area contributed by atoms with E-state index in [1.165, 1.54) is 37.2 Å². The zero-order valence-electron chi connectivity index (χ0n) is 16.0. The molecule has 0 unspecified atom stereocenters. The zero-order chi connectivity index (χ0) is 17.9. The highest BCUT2D eigenvalue weighted by Gasteiger charge is 2.25. The standard InChI is InChI=1S/C20H31N5/c1-20(2,3)19-13-17(22-23-19)15-25(14-16-5-9-21-10-6-16)18-7-11-24(4)12-8-18/h5-6,9-10,13,18H,7-8,11-12,14-15H2,1-4H3,(H,22,23). The van der Waals surface area contributed by atoms with E-state index in [-0.39, 0.29) is 5.41 Å². The maximum atomic E-state index is 4.53. The Kier molecular flexibility index (Phi) is 5.54. The van der Waals surface area contributed by atoms with Crippen LogP contribution in [-0.4, -0.2) is 51.2 Å². The smallest absolute Gasteiger partial charge is 0.0678 e. The average molecular weight is 342 g/mol. The van der Waals surface area contributed by atoms with Gasteiger partial charge in [0.25, 0.3) is 0 Å². The molecule has 0 radical (unpaired) electrons. The second-order valence-corrected chi connectivity index (χ2v) is 8.32. The molecule has 3 heterocycles. The van der Waals surface area contributed by atoms with Crippen molar-refractivity contribution in [3.63, 3.8) is 0 Å². The van der Waals surface area contributed by atoms with Gasteiger partial charge in [-0.1, -0.05) is 20.8 Å². The van der Waals surface area contributed by atoms with Gasteiger partial charge in [0.1, 0.15) is 0 Å². The third kappa shape index (κ3) is 4.89. The van der Waals surface area contributed by atoms with E-state index in [1.807, 2.05) is 12.4 Å². The number of hydrogen-bond donors (Lipinski definition) is 1. The maximum absolute atomic E-state index is 4.53. The van der Waals surface area contributed by atoms with Gasteiger partial charge in [0.15, 0.2) is 0 Å². The van der Waals surface area contributed by atoms with Gasteiger partial charge in [-0.25, -0.2) is 0 Å². The Balaban J connectivity index is 1.75. The molecule has 0 spiro atoms. The first-order chi connectivity index (χ1) is 11.9. The molecule has 3 rings (SSSR count). The molecule has 1 aliphatic rings. The van der Waals surface area contributed by atoms with E-state index in [2.05, 4.69) is 71.0 Å². The minimum absolute atomic E-state index is 0.0816. The highest BCUT2D eigenvalue weighted by Crippen LogP contribution is 2.23. The predicted octanol–water partition coefficient (Wildman–Crippen LogP) is 3.20. The summed E-state index contributed by atoms with van der Waals surface area (Å²) in [4.78, 5) is 9.17. The lowest BCUT2D eigenvalue weighted by Gasteiger charge is -2.37. The van der Waals surface area contributed by atoms with Gasteiger partial charge in [0.2, 0.25) is 0 Å². The number of hydrogen-bond acceptors (Lipinski definition) is 4. The van der Waals surface area contributed by atoms with Crippen molar-refractivity contribution in [2.75, 3.05) is 20.1 Å². The predicted molar refractivity (Wildman–Crippen MR) is 101 cm³/mol. The fraction of sp³-hybridized carbons (Fsp3) is 0.600. The van der Waals surface area contributed by atoms with Crippen LogP contribution in [0.3, 0.4) is 0 Å². The number of likely N-dealkylation sites (tertiary alicyclic amines) is 1. The zero-order valence-corrected chi connectivity index (χ0v) is 16.0. The van der Waals surface area contributed by atoms with Crippen molar-refractivity contribution in [3.8, 4) is 0 Å². The lowest BCUT2D eigenvalue weighted by atomic mass is 9.92. The van der Waals surface area contributed by atoms with Gasteiger partial charge < -0.3 is 4.90 Å². The summed E-state index contributed by atoms with van der Waals surface area (Å²) in [6.07, 6.45) is 6.22. The number of nitrogens with one attached hydrogen (secondary N) is 1. The minimum Gasteiger partial charge on any atom is -0.306 e. The summed E-state index contributed by atoms with van der Waals surface area (Å²) >= 11 is 0. The third-order valence-electron chi connectivity index (χ3n) is 5.11. The molecular formula is C20H31N5. The molecule has 0 aromatic carbocycles. The Bertz CT molecular complexity index is 650. The van der Waals surface area contributed by atoms with E-state index in [0.717, 1.165) is 18.8 Å².